The van der Waals surface area contributed by atoms with Crippen LogP contribution in [0.2, 0.25) is 0 Å². The number of nitrogen functional groups attached to an aromatic ring is 1. The van der Waals surface area contributed by atoms with Crippen molar-refractivity contribution in [3.8, 4) is 0 Å². The normalized spacial score (nSPS) is 9.31. The second-order valence-electron chi connectivity index (χ2n) is 2.64. The van der Waals surface area contributed by atoms with Crippen molar-refractivity contribution in [1.29, 1.82) is 0 Å². The number of anilines is 1. The van der Waals surface area contributed by atoms with Crippen LogP contribution in [0.15, 0.2) is 24.3 Å². The van der Waals surface area contributed by atoms with Crippen molar-refractivity contribution in [2.45, 2.75) is 6.54 Å². The van der Waals surface area contributed by atoms with E-state index in [0.29, 0.717) is 6.54 Å². The van der Waals surface area contributed by atoms with Crippen molar-refractivity contribution in [3.05, 3.63) is 29.8 Å². The number of nitrogens with one attached hydrogen (secondary N) is 1. The molecule has 74 valence electrons. The minimum absolute atomic E-state index is 0. The van der Waals surface area contributed by atoms with E-state index in [4.69, 9.17) is 10.8 Å². The van der Waals surface area contributed by atoms with Gasteiger partial charge in [-0.05, 0) is 17.7 Å². The van der Waals surface area contributed by atoms with Crippen LogP contribution in [-0.4, -0.2) is 18.3 Å². The third kappa shape index (κ3) is 4.72. The van der Waals surface area contributed by atoms with E-state index in [1.165, 1.54) is 5.56 Å². The average molecular weight is 203 g/mol. The van der Waals surface area contributed by atoms with Gasteiger partial charge in [-0.15, -0.1) is 12.4 Å². The molecule has 0 unspecified atom stereocenters. The third-order valence-corrected chi connectivity index (χ3v) is 1.60. The van der Waals surface area contributed by atoms with Gasteiger partial charge >= 0.3 is 0 Å². The lowest BCUT2D eigenvalue weighted by molar-refractivity contribution is 0.292. The topological polar surface area (TPSA) is 58.3 Å². The van der Waals surface area contributed by atoms with E-state index in [1.54, 1.807) is 0 Å². The summed E-state index contributed by atoms with van der Waals surface area (Å²) in [7, 11) is 0. The molecule has 13 heavy (non-hydrogen) atoms. The number of halogens is 1. The van der Waals surface area contributed by atoms with Crippen LogP contribution in [0.4, 0.5) is 5.69 Å². The van der Waals surface area contributed by atoms with Crippen molar-refractivity contribution < 1.29 is 5.11 Å². The summed E-state index contributed by atoms with van der Waals surface area (Å²) in [5.41, 5.74) is 7.48. The van der Waals surface area contributed by atoms with Gasteiger partial charge in [-0.3, -0.25) is 0 Å². The minimum Gasteiger partial charge on any atom is -0.399 e. The Kier molecular flexibility index (Phi) is 6.32. The average Bonchev–Trinajstić information content (AvgIpc) is 2.09. The molecule has 0 fully saturated rings. The van der Waals surface area contributed by atoms with Gasteiger partial charge in [0.2, 0.25) is 0 Å². The molecule has 1 aromatic rings. The molecule has 0 radical (unpaired) electrons. The maximum Gasteiger partial charge on any atom is 0.0556 e. The Morgan fingerprint density at radius 1 is 1.23 bits per heavy atom. The van der Waals surface area contributed by atoms with Gasteiger partial charge in [-0.1, -0.05) is 12.1 Å². The summed E-state index contributed by atoms with van der Waals surface area (Å²) in [6, 6.07) is 7.69. The minimum atomic E-state index is 0. The molecule has 0 amide bonds. The molecule has 0 atom stereocenters. The Morgan fingerprint density at radius 2 is 1.85 bits per heavy atom. The molecule has 0 bridgehead atoms. The molecule has 1 aromatic carbocycles. The molecular weight excluding hydrogens is 188 g/mol. The molecule has 0 aliphatic heterocycles. The fourth-order valence-corrected chi connectivity index (χ4v) is 0.947. The zero-order valence-corrected chi connectivity index (χ0v) is 8.18. The summed E-state index contributed by atoms with van der Waals surface area (Å²) in [6.45, 7) is 1.58. The van der Waals surface area contributed by atoms with Gasteiger partial charge in [-0.2, -0.15) is 0 Å². The van der Waals surface area contributed by atoms with E-state index in [0.717, 1.165) is 12.2 Å². The summed E-state index contributed by atoms with van der Waals surface area (Å²) in [5, 5.41) is 11.6. The van der Waals surface area contributed by atoms with Gasteiger partial charge < -0.3 is 16.2 Å². The summed E-state index contributed by atoms with van der Waals surface area (Å²) < 4.78 is 0. The van der Waals surface area contributed by atoms with Crippen LogP contribution in [0.5, 0.6) is 0 Å². The Bertz CT molecular complexity index is 226. The highest BCUT2D eigenvalue weighted by Crippen LogP contribution is 2.04. The van der Waals surface area contributed by atoms with Gasteiger partial charge in [0.1, 0.15) is 0 Å². The fraction of sp³-hybridized carbons (Fsp3) is 0.333. The first-order valence-corrected chi connectivity index (χ1v) is 3.99. The first kappa shape index (κ1) is 12.2. The summed E-state index contributed by atoms with van der Waals surface area (Å²) in [4.78, 5) is 0. The molecule has 0 aromatic heterocycles. The molecule has 0 aliphatic rings. The lowest BCUT2D eigenvalue weighted by atomic mass is 10.2. The summed E-state index contributed by atoms with van der Waals surface area (Å²) in [5.74, 6) is 0. The molecule has 4 N–H and O–H groups in total. The van der Waals surface area contributed by atoms with E-state index in [1.807, 2.05) is 24.3 Å². The number of nitrogens with two attached hydrogens (primary N) is 1. The molecule has 1 rings (SSSR count). The Hall–Kier alpha value is -0.770. The second kappa shape index (κ2) is 6.71. The smallest absolute Gasteiger partial charge is 0.0556 e. The molecule has 0 heterocycles. The number of benzene rings is 1. The van der Waals surface area contributed by atoms with Crippen molar-refractivity contribution in [3.63, 3.8) is 0 Å². The highest BCUT2D eigenvalue weighted by molar-refractivity contribution is 5.85. The highest BCUT2D eigenvalue weighted by Gasteiger charge is 1.90. The van der Waals surface area contributed by atoms with E-state index >= 15 is 0 Å². The number of aliphatic hydroxyl groups is 1. The van der Waals surface area contributed by atoms with E-state index in [9.17, 15) is 0 Å². The van der Waals surface area contributed by atoms with Crippen LogP contribution in [-0.2, 0) is 6.54 Å². The predicted octanol–water partition coefficient (Wildman–Crippen LogP) is 0.773. The third-order valence-electron chi connectivity index (χ3n) is 1.60. The van der Waals surface area contributed by atoms with Crippen LogP contribution in [0.1, 0.15) is 5.56 Å². The molecule has 4 heteroatoms. The fourth-order valence-electron chi connectivity index (χ4n) is 0.947. The van der Waals surface area contributed by atoms with Crippen molar-refractivity contribution in [1.82, 2.24) is 5.32 Å². The number of rotatable bonds is 4. The molecule has 0 spiro atoms. The maximum atomic E-state index is 8.51. The van der Waals surface area contributed by atoms with Gasteiger partial charge in [0.05, 0.1) is 6.61 Å². The van der Waals surface area contributed by atoms with Crippen LogP contribution in [0.25, 0.3) is 0 Å². The molecule has 0 aliphatic carbocycles. The Morgan fingerprint density at radius 3 is 2.38 bits per heavy atom. The van der Waals surface area contributed by atoms with Gasteiger partial charge in [0.25, 0.3) is 0 Å². The summed E-state index contributed by atoms with van der Waals surface area (Å²) >= 11 is 0. The summed E-state index contributed by atoms with van der Waals surface area (Å²) in [6.07, 6.45) is 0. The van der Waals surface area contributed by atoms with Gasteiger partial charge in [0, 0.05) is 18.8 Å². The lowest BCUT2D eigenvalue weighted by Crippen LogP contribution is -2.17. The van der Waals surface area contributed by atoms with Crippen LogP contribution in [0, 0.1) is 0 Å². The van der Waals surface area contributed by atoms with Gasteiger partial charge in [-0.25, -0.2) is 0 Å². The Labute approximate surface area is 84.4 Å². The SMILES string of the molecule is Cl.Nc1ccc(CNCCO)cc1. The highest BCUT2D eigenvalue weighted by atomic mass is 35.5. The first-order chi connectivity index (χ1) is 5.83. The van der Waals surface area contributed by atoms with E-state index in [2.05, 4.69) is 5.32 Å². The van der Waals surface area contributed by atoms with Gasteiger partial charge in [0.15, 0.2) is 0 Å². The van der Waals surface area contributed by atoms with Crippen molar-refractivity contribution in [2.24, 2.45) is 0 Å². The largest absolute Gasteiger partial charge is 0.399 e. The van der Waals surface area contributed by atoms with E-state index < -0.39 is 0 Å². The maximum absolute atomic E-state index is 8.51. The molecule has 0 saturated heterocycles. The quantitative estimate of drug-likeness (QED) is 0.500. The number of hydrogen-bond donors (Lipinski definition) is 3. The lowest BCUT2D eigenvalue weighted by Gasteiger charge is -2.02. The van der Waals surface area contributed by atoms with Crippen LogP contribution in [0.3, 0.4) is 0 Å². The number of aliphatic hydroxyl groups excluding tert-OH is 1. The first-order valence-electron chi connectivity index (χ1n) is 3.99. The molecular formula is C9H15ClN2O. The van der Waals surface area contributed by atoms with Crippen molar-refractivity contribution >= 4 is 18.1 Å². The van der Waals surface area contributed by atoms with E-state index in [-0.39, 0.29) is 19.0 Å². The zero-order chi connectivity index (χ0) is 8.81. The number of hydrogen-bond acceptors (Lipinski definition) is 3. The molecule has 3 nitrogen and oxygen atoms in total. The standard InChI is InChI=1S/C9H14N2O.ClH/c10-9-3-1-8(2-4-9)7-11-5-6-12;/h1-4,11-12H,5-7,10H2;1H. The molecule has 0 saturated carbocycles. The van der Waals surface area contributed by atoms with Crippen molar-refractivity contribution in [2.75, 3.05) is 18.9 Å². The van der Waals surface area contributed by atoms with Crippen LogP contribution >= 0.6 is 12.4 Å². The second-order valence-corrected chi connectivity index (χ2v) is 2.64. The van der Waals surface area contributed by atoms with Crippen LogP contribution < -0.4 is 11.1 Å². The predicted molar refractivity (Wildman–Crippen MR) is 56.9 cm³/mol. The zero-order valence-electron chi connectivity index (χ0n) is 7.36. The Balaban J connectivity index is 0.00000144. The monoisotopic (exact) mass is 202 g/mol.